The molecule has 4 aromatic heterocycles. The lowest BCUT2D eigenvalue weighted by Crippen LogP contribution is -2.26. The molecule has 1 aliphatic carbocycles. The van der Waals surface area contributed by atoms with Crippen LogP contribution < -0.4 is 10.1 Å². The van der Waals surface area contributed by atoms with E-state index in [1.165, 1.54) is 0 Å². The number of fused-ring (bicyclic) bond motifs is 1. The highest BCUT2D eigenvalue weighted by Gasteiger charge is 2.28. The first-order valence-corrected chi connectivity index (χ1v) is 11.9. The molecule has 0 atom stereocenters. The summed E-state index contributed by atoms with van der Waals surface area (Å²) in [6.07, 6.45) is 12.7. The Morgan fingerprint density at radius 3 is 2.60 bits per heavy atom. The lowest BCUT2D eigenvalue weighted by atomic mass is 9.93. The number of anilines is 1. The van der Waals surface area contributed by atoms with E-state index in [9.17, 15) is 5.26 Å². The van der Waals surface area contributed by atoms with Crippen molar-refractivity contribution in [3.8, 4) is 23.2 Å². The van der Waals surface area contributed by atoms with Crippen molar-refractivity contribution in [2.24, 2.45) is 0 Å². The van der Waals surface area contributed by atoms with E-state index >= 15 is 0 Å². The Kier molecular flexibility index (Phi) is 5.84. The molecule has 4 aromatic rings. The van der Waals surface area contributed by atoms with Gasteiger partial charge in [-0.1, -0.05) is 0 Å². The normalized spacial score (nSPS) is 18.4. The van der Waals surface area contributed by atoms with Gasteiger partial charge in [-0.05, 0) is 46.5 Å². The predicted octanol–water partition coefficient (Wildman–Crippen LogP) is 4.26. The fraction of sp³-hybridized carbons (Fsp3) is 0.440. The van der Waals surface area contributed by atoms with Crippen molar-refractivity contribution in [3.63, 3.8) is 0 Å². The van der Waals surface area contributed by atoms with E-state index in [4.69, 9.17) is 9.84 Å². The average molecular weight is 472 g/mol. The van der Waals surface area contributed by atoms with Gasteiger partial charge in [-0.3, -0.25) is 14.3 Å². The van der Waals surface area contributed by atoms with Crippen LogP contribution in [0.3, 0.4) is 0 Å². The first-order valence-electron chi connectivity index (χ1n) is 11.9. The van der Waals surface area contributed by atoms with E-state index < -0.39 is 5.54 Å². The number of nitriles is 1. The van der Waals surface area contributed by atoms with Crippen molar-refractivity contribution in [3.05, 3.63) is 42.7 Å². The van der Waals surface area contributed by atoms with Gasteiger partial charge in [-0.25, -0.2) is 9.97 Å². The summed E-state index contributed by atoms with van der Waals surface area (Å²) in [5.74, 6) is 1.41. The van der Waals surface area contributed by atoms with E-state index in [2.05, 4.69) is 36.1 Å². The van der Waals surface area contributed by atoms with Crippen LogP contribution in [0.4, 0.5) is 5.82 Å². The quantitative estimate of drug-likeness (QED) is 0.443. The summed E-state index contributed by atoms with van der Waals surface area (Å²) in [7, 11) is 1.86. The molecule has 1 aliphatic rings. The topological polar surface area (TPSA) is 119 Å². The molecule has 0 saturated heterocycles. The van der Waals surface area contributed by atoms with Crippen molar-refractivity contribution in [2.45, 2.75) is 64.1 Å². The minimum atomic E-state index is -0.742. The van der Waals surface area contributed by atoms with Crippen LogP contribution in [0.5, 0.6) is 5.88 Å². The Balaban J connectivity index is 1.44. The molecule has 0 radical (unpaired) electrons. The van der Waals surface area contributed by atoms with Crippen molar-refractivity contribution in [1.29, 1.82) is 5.26 Å². The van der Waals surface area contributed by atoms with E-state index in [0.717, 1.165) is 59.4 Å². The Morgan fingerprint density at radius 2 is 1.89 bits per heavy atom. The molecule has 1 fully saturated rings. The zero-order chi connectivity index (χ0) is 24.6. The maximum absolute atomic E-state index is 9.50. The summed E-state index contributed by atoms with van der Waals surface area (Å²) < 4.78 is 9.96. The number of hydrogen-bond acceptors (Lipinski definition) is 8. The summed E-state index contributed by atoms with van der Waals surface area (Å²) in [6, 6.07) is 4.58. The van der Waals surface area contributed by atoms with Gasteiger partial charge < -0.3 is 10.1 Å². The second kappa shape index (κ2) is 8.98. The van der Waals surface area contributed by atoms with E-state index in [-0.39, 0.29) is 12.1 Å². The number of aryl methyl sites for hydroxylation is 1. The molecule has 1 N–H and O–H groups in total. The lowest BCUT2D eigenvalue weighted by Gasteiger charge is -2.29. The van der Waals surface area contributed by atoms with Crippen molar-refractivity contribution in [2.75, 3.05) is 12.4 Å². The number of pyridine rings is 1. The van der Waals surface area contributed by atoms with Crippen molar-refractivity contribution >= 4 is 16.7 Å². The zero-order valence-electron chi connectivity index (χ0n) is 20.4. The third kappa shape index (κ3) is 4.30. The molecule has 1 saturated carbocycles. The van der Waals surface area contributed by atoms with Crippen LogP contribution in [0.15, 0.2) is 37.1 Å². The Labute approximate surface area is 204 Å². The van der Waals surface area contributed by atoms with Gasteiger partial charge >= 0.3 is 0 Å². The molecule has 4 heterocycles. The summed E-state index contributed by atoms with van der Waals surface area (Å²) in [6.45, 7) is 5.59. The van der Waals surface area contributed by atoms with Crippen LogP contribution in [0.25, 0.3) is 22.2 Å². The van der Waals surface area contributed by atoms with Gasteiger partial charge in [0.1, 0.15) is 23.2 Å². The van der Waals surface area contributed by atoms with Gasteiger partial charge in [0.05, 0.1) is 29.5 Å². The fourth-order valence-electron chi connectivity index (χ4n) is 4.54. The van der Waals surface area contributed by atoms with Crippen LogP contribution in [0.1, 0.15) is 51.3 Å². The summed E-state index contributed by atoms with van der Waals surface area (Å²) in [5, 5.41) is 23.1. The number of nitrogens with one attached hydrogen (secondary N) is 1. The zero-order valence-corrected chi connectivity index (χ0v) is 20.4. The van der Waals surface area contributed by atoms with Crippen LogP contribution in [0.2, 0.25) is 0 Å². The Hall–Kier alpha value is -4.00. The summed E-state index contributed by atoms with van der Waals surface area (Å²) >= 11 is 0. The van der Waals surface area contributed by atoms with E-state index in [0.29, 0.717) is 5.88 Å². The monoisotopic (exact) mass is 471 g/mol. The second-order valence-corrected chi connectivity index (χ2v) is 9.47. The maximum Gasteiger partial charge on any atom is 0.235 e. The third-order valence-electron chi connectivity index (χ3n) is 6.65. The second-order valence-electron chi connectivity index (χ2n) is 9.47. The van der Waals surface area contributed by atoms with Gasteiger partial charge in [0.2, 0.25) is 5.88 Å². The smallest absolute Gasteiger partial charge is 0.235 e. The molecule has 0 bridgehead atoms. The average Bonchev–Trinajstić information content (AvgIpc) is 3.51. The molecule has 0 aromatic carbocycles. The summed E-state index contributed by atoms with van der Waals surface area (Å²) in [5.41, 5.74) is 2.79. The maximum atomic E-state index is 9.50. The molecule has 5 rings (SSSR count). The van der Waals surface area contributed by atoms with Crippen molar-refractivity contribution < 1.29 is 4.74 Å². The largest absolute Gasteiger partial charge is 0.473 e. The molecule has 10 heteroatoms. The highest BCUT2D eigenvalue weighted by molar-refractivity contribution is 5.93. The van der Waals surface area contributed by atoms with Gasteiger partial charge in [0.25, 0.3) is 0 Å². The number of rotatable bonds is 6. The molecule has 0 amide bonds. The van der Waals surface area contributed by atoms with Gasteiger partial charge in [0, 0.05) is 48.9 Å². The highest BCUT2D eigenvalue weighted by Crippen LogP contribution is 2.36. The molecule has 180 valence electrons. The lowest BCUT2D eigenvalue weighted by molar-refractivity contribution is 0.124. The van der Waals surface area contributed by atoms with E-state index in [1.54, 1.807) is 23.3 Å². The first kappa shape index (κ1) is 22.8. The van der Waals surface area contributed by atoms with Gasteiger partial charge in [-0.2, -0.15) is 15.5 Å². The number of hydrogen-bond donors (Lipinski definition) is 1. The third-order valence-corrected chi connectivity index (χ3v) is 6.65. The van der Waals surface area contributed by atoms with Gasteiger partial charge in [-0.15, -0.1) is 0 Å². The molecule has 35 heavy (non-hydrogen) atoms. The number of nitrogens with zero attached hydrogens (tertiary/aromatic N) is 8. The number of ether oxygens (including phenoxy) is 1. The van der Waals surface area contributed by atoms with Crippen LogP contribution in [-0.2, 0) is 5.54 Å². The molecule has 0 unspecified atom stereocenters. The number of aromatic nitrogens is 7. The SMILES string of the molecule is CNc1cc2c(cn1)c(-c1cnn(C(C)(C)C#N)c1)nn2[C@H]1CC[C@@H](Oc2nccnc2C)CC1. The Morgan fingerprint density at radius 1 is 1.11 bits per heavy atom. The minimum absolute atomic E-state index is 0.115. The minimum Gasteiger partial charge on any atom is -0.473 e. The van der Waals surface area contributed by atoms with Crippen LogP contribution >= 0.6 is 0 Å². The highest BCUT2D eigenvalue weighted by atomic mass is 16.5. The summed E-state index contributed by atoms with van der Waals surface area (Å²) in [4.78, 5) is 13.1. The molecule has 0 spiro atoms. The predicted molar refractivity (Wildman–Crippen MR) is 132 cm³/mol. The molecule has 10 nitrogen and oxygen atoms in total. The first-order chi connectivity index (χ1) is 16.9. The fourth-order valence-corrected chi connectivity index (χ4v) is 4.54. The standard InChI is InChI=1S/C25H29N9O/c1-16-24(29-10-9-28-16)35-19-7-5-18(6-8-19)34-21-11-22(27-4)30-13-20(21)23(32-34)17-12-31-33(14-17)25(2,3)15-26/h9-14,18-19H,5-8H2,1-4H3,(H,27,30)/t18-,19+. The van der Waals surface area contributed by atoms with E-state index in [1.807, 2.05) is 46.3 Å². The van der Waals surface area contributed by atoms with Crippen molar-refractivity contribution in [1.82, 2.24) is 34.5 Å². The molecular weight excluding hydrogens is 442 g/mol. The Bertz CT molecular complexity index is 1390. The molecule has 0 aliphatic heterocycles. The molecular formula is C25H29N9O. The van der Waals surface area contributed by atoms with Crippen LogP contribution in [-0.4, -0.2) is 47.7 Å². The van der Waals surface area contributed by atoms with Crippen LogP contribution in [0, 0.1) is 18.3 Å². The van der Waals surface area contributed by atoms with Gasteiger partial charge in [0.15, 0.2) is 0 Å².